The average Bonchev–Trinajstić information content (AvgIpc) is 3.40. The number of hydrogen-bond donors (Lipinski definition) is 0. The van der Waals surface area contributed by atoms with Crippen LogP contribution in [0.2, 0.25) is 0 Å². The number of rotatable bonds is 9. The number of Topliss-reactive ketones (excluding diaryl/α,β-unsaturated/α-hetero) is 1. The van der Waals surface area contributed by atoms with Gasteiger partial charge in [0.2, 0.25) is 10.0 Å². The first-order valence-electron chi connectivity index (χ1n) is 10.6. The van der Waals surface area contributed by atoms with Crippen LogP contribution in [0.4, 0.5) is 0 Å². The SMILES string of the molecule is Cc1cc(C(=O)CN(C2CC2)S(=O)(=O)c2ccc(C#N)cc2)c(C)n1CCc1cccs1. The van der Waals surface area contributed by atoms with Crippen LogP contribution in [0.1, 0.15) is 45.0 Å². The van der Waals surface area contributed by atoms with Gasteiger partial charge in [-0.1, -0.05) is 6.07 Å². The summed E-state index contributed by atoms with van der Waals surface area (Å²) in [7, 11) is -3.82. The molecule has 0 spiro atoms. The minimum atomic E-state index is -3.82. The lowest BCUT2D eigenvalue weighted by Gasteiger charge is -2.21. The predicted octanol–water partition coefficient (Wildman–Crippen LogP) is 4.32. The first-order chi connectivity index (χ1) is 15.3. The van der Waals surface area contributed by atoms with Gasteiger partial charge in [-0.2, -0.15) is 9.57 Å². The Morgan fingerprint density at radius 1 is 1.22 bits per heavy atom. The van der Waals surface area contributed by atoms with E-state index in [0.29, 0.717) is 11.1 Å². The zero-order valence-corrected chi connectivity index (χ0v) is 19.7. The van der Waals surface area contributed by atoms with Crippen LogP contribution in [-0.2, 0) is 23.0 Å². The van der Waals surface area contributed by atoms with Crippen LogP contribution in [-0.4, -0.2) is 35.7 Å². The number of ketones is 1. The van der Waals surface area contributed by atoms with Gasteiger partial charge in [0.05, 0.1) is 23.1 Å². The van der Waals surface area contributed by atoms with E-state index in [1.54, 1.807) is 11.3 Å². The van der Waals surface area contributed by atoms with Gasteiger partial charge in [-0.05, 0) is 74.9 Å². The number of carbonyl (C=O) groups excluding carboxylic acids is 1. The molecule has 0 amide bonds. The zero-order chi connectivity index (χ0) is 22.9. The Bertz CT molecular complexity index is 1260. The molecular formula is C24H25N3O3S2. The molecule has 8 heteroatoms. The largest absolute Gasteiger partial charge is 0.348 e. The van der Waals surface area contributed by atoms with Crippen molar-refractivity contribution in [3.05, 3.63) is 75.2 Å². The molecule has 1 saturated carbocycles. The molecule has 2 heterocycles. The summed E-state index contributed by atoms with van der Waals surface area (Å²) < 4.78 is 30.0. The van der Waals surface area contributed by atoms with E-state index < -0.39 is 10.0 Å². The van der Waals surface area contributed by atoms with Gasteiger partial charge in [-0.3, -0.25) is 4.79 Å². The zero-order valence-electron chi connectivity index (χ0n) is 18.1. The van der Waals surface area contributed by atoms with E-state index in [4.69, 9.17) is 5.26 Å². The molecule has 166 valence electrons. The van der Waals surface area contributed by atoms with Crippen molar-refractivity contribution in [3.8, 4) is 6.07 Å². The highest BCUT2D eigenvalue weighted by atomic mass is 32.2. The number of aromatic nitrogens is 1. The van der Waals surface area contributed by atoms with Crippen molar-refractivity contribution in [1.82, 2.24) is 8.87 Å². The minimum absolute atomic E-state index is 0.109. The monoisotopic (exact) mass is 467 g/mol. The standard InChI is InChI=1S/C24H25N3O3S2/c1-17-14-23(18(2)26(17)12-11-21-4-3-13-31-21)24(28)16-27(20-7-8-20)32(29,30)22-9-5-19(15-25)6-10-22/h3-6,9-10,13-14,20H,7-8,11-12,16H2,1-2H3. The third-order valence-corrected chi connectivity index (χ3v) is 8.73. The Morgan fingerprint density at radius 2 is 1.94 bits per heavy atom. The second-order valence-corrected chi connectivity index (χ2v) is 11.0. The van der Waals surface area contributed by atoms with Crippen LogP contribution >= 0.6 is 11.3 Å². The van der Waals surface area contributed by atoms with Gasteiger partial charge in [0.1, 0.15) is 0 Å². The molecule has 0 atom stereocenters. The Morgan fingerprint density at radius 3 is 2.53 bits per heavy atom. The maximum Gasteiger partial charge on any atom is 0.243 e. The number of nitriles is 1. The fraction of sp³-hybridized carbons (Fsp3) is 0.333. The fourth-order valence-corrected chi connectivity index (χ4v) is 6.28. The fourth-order valence-electron chi connectivity index (χ4n) is 3.94. The van der Waals surface area contributed by atoms with E-state index in [1.165, 1.54) is 33.4 Å². The molecule has 32 heavy (non-hydrogen) atoms. The molecule has 1 fully saturated rings. The van der Waals surface area contributed by atoms with Crippen molar-refractivity contribution in [1.29, 1.82) is 5.26 Å². The first kappa shape index (κ1) is 22.5. The molecular weight excluding hydrogens is 442 g/mol. The van der Waals surface area contributed by atoms with Gasteiger partial charge in [0, 0.05) is 34.4 Å². The molecule has 0 saturated heterocycles. The molecule has 0 bridgehead atoms. The maximum absolute atomic E-state index is 13.3. The van der Waals surface area contributed by atoms with E-state index in [2.05, 4.69) is 16.0 Å². The Balaban J connectivity index is 1.55. The third kappa shape index (κ3) is 4.56. The predicted molar refractivity (Wildman–Crippen MR) is 124 cm³/mol. The molecule has 6 nitrogen and oxygen atoms in total. The summed E-state index contributed by atoms with van der Waals surface area (Å²) in [5.74, 6) is -0.190. The second-order valence-electron chi connectivity index (χ2n) is 8.11. The van der Waals surface area contributed by atoms with Gasteiger partial charge in [-0.15, -0.1) is 11.3 Å². The summed E-state index contributed by atoms with van der Waals surface area (Å²) in [5, 5.41) is 11.0. The van der Waals surface area contributed by atoms with Crippen molar-refractivity contribution >= 4 is 27.1 Å². The number of carbonyl (C=O) groups is 1. The Labute approximate surface area is 192 Å². The van der Waals surface area contributed by atoms with Crippen molar-refractivity contribution in [2.24, 2.45) is 0 Å². The number of aryl methyl sites for hydroxylation is 2. The van der Waals surface area contributed by atoms with Gasteiger partial charge in [0.25, 0.3) is 0 Å². The van der Waals surface area contributed by atoms with Crippen LogP contribution in [0.3, 0.4) is 0 Å². The first-order valence-corrected chi connectivity index (χ1v) is 12.9. The van der Waals surface area contributed by atoms with E-state index >= 15 is 0 Å². The van der Waals surface area contributed by atoms with Crippen LogP contribution in [0.25, 0.3) is 0 Å². The average molecular weight is 468 g/mol. The van der Waals surface area contributed by atoms with Crippen molar-refractivity contribution in [2.75, 3.05) is 6.54 Å². The van der Waals surface area contributed by atoms with Crippen LogP contribution in [0.5, 0.6) is 0 Å². The number of benzene rings is 1. The van der Waals surface area contributed by atoms with Crippen molar-refractivity contribution < 1.29 is 13.2 Å². The number of hydrogen-bond acceptors (Lipinski definition) is 5. The molecule has 1 aromatic carbocycles. The minimum Gasteiger partial charge on any atom is -0.348 e. The highest BCUT2D eigenvalue weighted by Gasteiger charge is 2.39. The summed E-state index contributed by atoms with van der Waals surface area (Å²) in [5.41, 5.74) is 2.84. The van der Waals surface area contributed by atoms with Gasteiger partial charge >= 0.3 is 0 Å². The quantitative estimate of drug-likeness (QED) is 0.439. The summed E-state index contributed by atoms with van der Waals surface area (Å²) in [6.07, 6.45) is 2.40. The van der Waals surface area contributed by atoms with Crippen LogP contribution in [0, 0.1) is 25.2 Å². The molecule has 4 rings (SSSR count). The van der Waals surface area contributed by atoms with E-state index in [0.717, 1.165) is 37.2 Å². The van der Waals surface area contributed by atoms with E-state index in [9.17, 15) is 13.2 Å². The van der Waals surface area contributed by atoms with Gasteiger partial charge in [-0.25, -0.2) is 8.42 Å². The highest BCUT2D eigenvalue weighted by molar-refractivity contribution is 7.89. The Kier molecular flexibility index (Phi) is 6.33. The van der Waals surface area contributed by atoms with E-state index in [-0.39, 0.29) is 23.3 Å². The molecule has 0 aliphatic heterocycles. The second kappa shape index (κ2) is 9.02. The smallest absolute Gasteiger partial charge is 0.243 e. The molecule has 0 radical (unpaired) electrons. The molecule has 0 N–H and O–H groups in total. The Hall–Kier alpha value is -2.73. The van der Waals surface area contributed by atoms with Crippen LogP contribution < -0.4 is 0 Å². The lowest BCUT2D eigenvalue weighted by Crippen LogP contribution is -2.37. The van der Waals surface area contributed by atoms with Crippen LogP contribution in [0.15, 0.2) is 52.7 Å². The number of nitrogens with zero attached hydrogens (tertiary/aromatic N) is 3. The van der Waals surface area contributed by atoms with Crippen molar-refractivity contribution in [3.63, 3.8) is 0 Å². The lowest BCUT2D eigenvalue weighted by atomic mass is 10.1. The maximum atomic E-state index is 13.3. The molecule has 2 aromatic heterocycles. The summed E-state index contributed by atoms with van der Waals surface area (Å²) in [6.45, 7) is 4.50. The van der Waals surface area contributed by atoms with Crippen molar-refractivity contribution in [2.45, 2.75) is 50.6 Å². The molecule has 1 aliphatic carbocycles. The summed E-state index contributed by atoms with van der Waals surface area (Å²) >= 11 is 1.72. The van der Waals surface area contributed by atoms with E-state index in [1.807, 2.05) is 32.0 Å². The van der Waals surface area contributed by atoms with Gasteiger partial charge in [0.15, 0.2) is 5.78 Å². The summed E-state index contributed by atoms with van der Waals surface area (Å²) in [4.78, 5) is 14.6. The molecule has 0 unspecified atom stereocenters. The molecule has 1 aliphatic rings. The van der Waals surface area contributed by atoms with Gasteiger partial charge < -0.3 is 4.57 Å². The lowest BCUT2D eigenvalue weighted by molar-refractivity contribution is 0.0963. The molecule has 3 aromatic rings. The topological polar surface area (TPSA) is 83.2 Å². The summed E-state index contributed by atoms with van der Waals surface area (Å²) in [6, 6.07) is 13.7. The number of sulfonamides is 1. The normalized spacial score (nSPS) is 13.9. The third-order valence-electron chi connectivity index (χ3n) is 5.88. The highest BCUT2D eigenvalue weighted by Crippen LogP contribution is 2.32. The number of thiophene rings is 1.